The number of benzene rings is 1. The molecule has 0 radical (unpaired) electrons. The van der Waals surface area contributed by atoms with Crippen molar-refractivity contribution in [2.24, 2.45) is 0 Å². The van der Waals surface area contributed by atoms with Crippen molar-refractivity contribution in [3.8, 4) is 0 Å². The van der Waals surface area contributed by atoms with E-state index in [0.29, 0.717) is 0 Å². The Morgan fingerprint density at radius 3 is 1.83 bits per heavy atom. The van der Waals surface area contributed by atoms with Gasteiger partial charge in [-0.05, 0) is 18.2 Å². The van der Waals surface area contributed by atoms with Crippen LogP contribution in [0.15, 0.2) is 18.2 Å². The lowest BCUT2D eigenvalue weighted by atomic mass is 10.1. The van der Waals surface area contributed by atoms with E-state index in [2.05, 4.69) is 20.1 Å². The molecule has 0 bridgehead atoms. The molecule has 0 saturated heterocycles. The van der Waals surface area contributed by atoms with E-state index >= 15 is 0 Å². The average Bonchev–Trinajstić information content (AvgIpc) is 2.60. The first-order chi connectivity index (χ1) is 11.4. The molecule has 9 heteroatoms. The molecule has 9 nitrogen and oxygen atoms in total. The highest BCUT2D eigenvalue weighted by molar-refractivity contribution is 5.99. The average molecular weight is 340 g/mol. The molecular formula is C15H20N2O7. The van der Waals surface area contributed by atoms with Gasteiger partial charge in [0.15, 0.2) is 6.29 Å². The van der Waals surface area contributed by atoms with Crippen molar-refractivity contribution in [3.63, 3.8) is 0 Å². The van der Waals surface area contributed by atoms with Gasteiger partial charge in [-0.3, -0.25) is 0 Å². The fourth-order valence-corrected chi connectivity index (χ4v) is 1.79. The van der Waals surface area contributed by atoms with Gasteiger partial charge in [0.1, 0.15) is 0 Å². The number of hydrogen-bond donors (Lipinski definition) is 2. The van der Waals surface area contributed by atoms with Crippen LogP contribution in [-0.2, 0) is 18.9 Å². The largest absolute Gasteiger partial charge is 0.465 e. The molecule has 1 aromatic rings. The lowest BCUT2D eigenvalue weighted by molar-refractivity contribution is -0.0970. The van der Waals surface area contributed by atoms with Crippen LogP contribution in [0.2, 0.25) is 0 Å². The van der Waals surface area contributed by atoms with Gasteiger partial charge < -0.3 is 29.6 Å². The topological polar surface area (TPSA) is 112 Å². The Morgan fingerprint density at radius 1 is 0.917 bits per heavy atom. The molecule has 0 saturated carbocycles. The summed E-state index contributed by atoms with van der Waals surface area (Å²) in [5, 5.41) is 5.03. The second kappa shape index (κ2) is 9.48. The molecule has 0 aliphatic rings. The molecule has 132 valence electrons. The summed E-state index contributed by atoms with van der Waals surface area (Å²) in [5.41, 5.74) is 0.423. The van der Waals surface area contributed by atoms with Gasteiger partial charge in [0, 0.05) is 19.9 Å². The molecule has 2 amide bonds. The molecule has 24 heavy (non-hydrogen) atoms. The number of methoxy groups -OCH3 is 4. The molecule has 1 rings (SSSR count). The maximum atomic E-state index is 11.9. The first-order valence-corrected chi connectivity index (χ1v) is 6.87. The predicted octanol–water partition coefficient (Wildman–Crippen LogP) is 1.00. The summed E-state index contributed by atoms with van der Waals surface area (Å²) in [6.07, 6.45) is -0.595. The first-order valence-electron chi connectivity index (χ1n) is 6.87. The van der Waals surface area contributed by atoms with Crippen LogP contribution in [0.3, 0.4) is 0 Å². The van der Waals surface area contributed by atoms with Crippen molar-refractivity contribution in [1.82, 2.24) is 5.32 Å². The number of carbonyl (C=O) groups excluding carboxylic acids is 3. The van der Waals surface area contributed by atoms with Gasteiger partial charge in [-0.15, -0.1) is 0 Å². The summed E-state index contributed by atoms with van der Waals surface area (Å²) in [7, 11) is 5.30. The van der Waals surface area contributed by atoms with Crippen LogP contribution in [0.25, 0.3) is 0 Å². The van der Waals surface area contributed by atoms with Gasteiger partial charge >= 0.3 is 18.0 Å². The summed E-state index contributed by atoms with van der Waals surface area (Å²) in [6, 6.07) is 3.50. The van der Waals surface area contributed by atoms with E-state index in [1.165, 1.54) is 46.6 Å². The number of hydrogen-bond acceptors (Lipinski definition) is 7. The van der Waals surface area contributed by atoms with Crippen LogP contribution in [-0.4, -0.2) is 59.2 Å². The van der Waals surface area contributed by atoms with E-state index in [1.54, 1.807) is 0 Å². The molecule has 1 aromatic carbocycles. The highest BCUT2D eigenvalue weighted by atomic mass is 16.7. The third-order valence-corrected chi connectivity index (χ3v) is 2.99. The van der Waals surface area contributed by atoms with Crippen LogP contribution in [0.4, 0.5) is 10.5 Å². The number of amides is 2. The van der Waals surface area contributed by atoms with Crippen LogP contribution >= 0.6 is 0 Å². The van der Waals surface area contributed by atoms with Crippen molar-refractivity contribution >= 4 is 23.7 Å². The van der Waals surface area contributed by atoms with Crippen molar-refractivity contribution < 1.29 is 33.3 Å². The zero-order valence-corrected chi connectivity index (χ0v) is 13.9. The highest BCUT2D eigenvalue weighted by Gasteiger charge is 2.15. The van der Waals surface area contributed by atoms with Gasteiger partial charge in [0.05, 0.1) is 31.9 Å². The summed E-state index contributed by atoms with van der Waals surface area (Å²) in [6.45, 7) is 0.111. The summed E-state index contributed by atoms with van der Waals surface area (Å²) in [4.78, 5) is 35.2. The van der Waals surface area contributed by atoms with Crippen LogP contribution in [0.5, 0.6) is 0 Å². The second-order valence-corrected chi connectivity index (χ2v) is 4.52. The maximum absolute atomic E-state index is 11.9. The van der Waals surface area contributed by atoms with E-state index in [0.717, 1.165) is 0 Å². The third-order valence-electron chi connectivity index (χ3n) is 2.99. The lowest BCUT2D eigenvalue weighted by Gasteiger charge is -2.15. The molecule has 0 unspecified atom stereocenters. The number of rotatable bonds is 7. The first kappa shape index (κ1) is 19.4. The number of carbonyl (C=O) groups is 3. The fourth-order valence-electron chi connectivity index (χ4n) is 1.79. The number of urea groups is 1. The molecule has 0 atom stereocenters. The van der Waals surface area contributed by atoms with Gasteiger partial charge in [-0.2, -0.15) is 0 Å². The summed E-state index contributed by atoms with van der Waals surface area (Å²) in [5.74, 6) is -1.30. The molecule has 0 aromatic heterocycles. The molecule has 0 spiro atoms. The number of esters is 2. The van der Waals surface area contributed by atoms with E-state index < -0.39 is 24.3 Å². The number of nitrogens with one attached hydrogen (secondary N) is 2. The summed E-state index contributed by atoms with van der Waals surface area (Å²) < 4.78 is 19.1. The van der Waals surface area contributed by atoms with Gasteiger partial charge in [-0.1, -0.05) is 0 Å². The van der Waals surface area contributed by atoms with E-state index in [9.17, 15) is 14.4 Å². The summed E-state index contributed by atoms with van der Waals surface area (Å²) >= 11 is 0. The molecule has 0 fully saturated rings. The van der Waals surface area contributed by atoms with Gasteiger partial charge in [-0.25, -0.2) is 14.4 Å². The number of anilines is 1. The SMILES string of the molecule is COC(=O)c1cc(NC(=O)NCC(OC)OC)cc(C(=O)OC)c1. The zero-order valence-electron chi connectivity index (χ0n) is 13.9. The Labute approximate surface area is 139 Å². The quantitative estimate of drug-likeness (QED) is 0.562. The predicted molar refractivity (Wildman–Crippen MR) is 83.9 cm³/mol. The Bertz CT molecular complexity index is 565. The van der Waals surface area contributed by atoms with Crippen LogP contribution < -0.4 is 10.6 Å². The van der Waals surface area contributed by atoms with Crippen LogP contribution in [0.1, 0.15) is 20.7 Å². The Balaban J connectivity index is 2.91. The Morgan fingerprint density at radius 2 is 1.42 bits per heavy atom. The maximum Gasteiger partial charge on any atom is 0.337 e. The third kappa shape index (κ3) is 5.52. The smallest absolute Gasteiger partial charge is 0.337 e. The standard InChI is InChI=1S/C15H20N2O7/c1-21-12(22-2)8-16-15(20)17-11-6-9(13(18)23-3)5-10(7-11)14(19)24-4/h5-7,12H,8H2,1-4H3,(H2,16,17,20). The van der Waals surface area contributed by atoms with Crippen LogP contribution in [0, 0.1) is 0 Å². The van der Waals surface area contributed by atoms with Crippen molar-refractivity contribution in [3.05, 3.63) is 29.3 Å². The van der Waals surface area contributed by atoms with E-state index in [4.69, 9.17) is 9.47 Å². The minimum atomic E-state index is -0.650. The molecule has 0 aliphatic heterocycles. The molecule has 0 heterocycles. The molecular weight excluding hydrogens is 320 g/mol. The second-order valence-electron chi connectivity index (χ2n) is 4.52. The molecule has 0 aliphatic carbocycles. The lowest BCUT2D eigenvalue weighted by Crippen LogP contribution is -2.36. The number of ether oxygens (including phenoxy) is 4. The Hall–Kier alpha value is -2.65. The highest BCUT2D eigenvalue weighted by Crippen LogP contribution is 2.17. The van der Waals surface area contributed by atoms with E-state index in [1.807, 2.05) is 0 Å². The van der Waals surface area contributed by atoms with Crippen molar-refractivity contribution in [2.75, 3.05) is 40.3 Å². The van der Waals surface area contributed by atoms with Crippen molar-refractivity contribution in [1.29, 1.82) is 0 Å². The van der Waals surface area contributed by atoms with Crippen molar-refractivity contribution in [2.45, 2.75) is 6.29 Å². The minimum Gasteiger partial charge on any atom is -0.465 e. The minimum absolute atomic E-state index is 0.0994. The Kier molecular flexibility index (Phi) is 7.66. The van der Waals surface area contributed by atoms with Gasteiger partial charge in [0.25, 0.3) is 0 Å². The zero-order chi connectivity index (χ0) is 18.1. The van der Waals surface area contributed by atoms with E-state index in [-0.39, 0.29) is 23.4 Å². The molecule has 2 N–H and O–H groups in total. The van der Waals surface area contributed by atoms with Gasteiger partial charge in [0.2, 0.25) is 0 Å². The fraction of sp³-hybridized carbons (Fsp3) is 0.400. The monoisotopic (exact) mass is 340 g/mol. The normalized spacial score (nSPS) is 10.2.